The van der Waals surface area contributed by atoms with Gasteiger partial charge < -0.3 is 10.4 Å². The zero-order valence-corrected chi connectivity index (χ0v) is 13.6. The van der Waals surface area contributed by atoms with Crippen LogP contribution in [-0.4, -0.2) is 21.4 Å². The highest BCUT2D eigenvalue weighted by molar-refractivity contribution is 5.95. The van der Waals surface area contributed by atoms with Gasteiger partial charge in [-0.1, -0.05) is 36.4 Å². The van der Waals surface area contributed by atoms with Crippen LogP contribution in [-0.2, 0) is 11.2 Å². The van der Waals surface area contributed by atoms with Crippen LogP contribution < -0.4 is 10.4 Å². The molecule has 0 aliphatic rings. The Morgan fingerprint density at radius 3 is 2.58 bits per heavy atom. The molecule has 0 unspecified atom stereocenters. The van der Waals surface area contributed by atoms with E-state index in [-0.39, 0.29) is 5.91 Å². The largest absolute Gasteiger partial charge is 0.335 e. The molecule has 1 N–H and O–H groups in total. The minimum atomic E-state index is -0.538. The molecule has 1 atom stereocenters. The Labute approximate surface area is 140 Å². The van der Waals surface area contributed by atoms with Gasteiger partial charge in [0.15, 0.2) is 0 Å². The summed E-state index contributed by atoms with van der Waals surface area (Å²) in [5, 5.41) is 17.7. The van der Waals surface area contributed by atoms with E-state index in [9.17, 15) is 4.79 Å². The van der Waals surface area contributed by atoms with Crippen molar-refractivity contribution in [1.82, 2.24) is 20.6 Å². The van der Waals surface area contributed by atoms with E-state index in [0.717, 1.165) is 16.8 Å². The molecule has 3 rings (SSSR count). The van der Waals surface area contributed by atoms with Gasteiger partial charge in [-0.25, -0.2) is 0 Å². The minimum absolute atomic E-state index is 0.170. The molecule has 0 spiro atoms. The minimum Gasteiger partial charge on any atom is -0.335 e. The van der Waals surface area contributed by atoms with Crippen molar-refractivity contribution >= 4 is 11.6 Å². The van der Waals surface area contributed by atoms with Crippen LogP contribution in [0, 0.1) is 13.8 Å². The molecular formula is C18H18N5O-. The third kappa shape index (κ3) is 3.65. The number of aromatic nitrogens is 4. The Balaban J connectivity index is 1.82. The van der Waals surface area contributed by atoms with Gasteiger partial charge in [-0.2, -0.15) is 5.21 Å². The summed E-state index contributed by atoms with van der Waals surface area (Å²) in [7, 11) is 0. The summed E-state index contributed by atoms with van der Waals surface area (Å²) in [5.41, 5.74) is 4.10. The number of rotatable bonds is 5. The van der Waals surface area contributed by atoms with Crippen LogP contribution >= 0.6 is 0 Å². The third-order valence-electron chi connectivity index (χ3n) is 4.02. The van der Waals surface area contributed by atoms with Crippen LogP contribution in [0.1, 0.15) is 28.4 Å². The standard InChI is InChI=1S/C18H19N5O/c1-12-8-9-15(10-13(12)2)19-18(24)16(17-20-22-23-21-17)11-14-6-4-3-5-7-14/h3-10,16H,11H2,1-2H3,(H2,19,20,21,22,23,24)/p-1/t16-/m1/s1. The maximum Gasteiger partial charge on any atom is 0.232 e. The number of hydrogen-bond donors (Lipinski definition) is 1. The maximum absolute atomic E-state index is 12.8. The highest BCUT2D eigenvalue weighted by Crippen LogP contribution is 2.21. The van der Waals surface area contributed by atoms with Crippen LogP contribution in [0.3, 0.4) is 0 Å². The Bertz CT molecular complexity index is 815. The van der Waals surface area contributed by atoms with E-state index in [1.165, 1.54) is 5.56 Å². The topological polar surface area (TPSA) is 81.9 Å². The SMILES string of the molecule is Cc1ccc(NC(=O)[C@H](Cc2ccccc2)c2nnn[n-]2)cc1C. The van der Waals surface area contributed by atoms with E-state index < -0.39 is 5.92 Å². The Hall–Kier alpha value is -3.02. The summed E-state index contributed by atoms with van der Waals surface area (Å²) in [6.07, 6.45) is 0.491. The summed E-state index contributed by atoms with van der Waals surface area (Å²) in [5.74, 6) is -0.374. The second-order valence-electron chi connectivity index (χ2n) is 5.77. The smallest absolute Gasteiger partial charge is 0.232 e. The van der Waals surface area contributed by atoms with Gasteiger partial charge in [0.2, 0.25) is 5.91 Å². The molecule has 6 nitrogen and oxygen atoms in total. The number of hydrogen-bond acceptors (Lipinski definition) is 4. The van der Waals surface area contributed by atoms with E-state index in [0.29, 0.717) is 12.2 Å². The monoisotopic (exact) mass is 320 g/mol. The van der Waals surface area contributed by atoms with Crippen molar-refractivity contribution in [2.24, 2.45) is 0 Å². The number of anilines is 1. The normalized spacial score (nSPS) is 11.9. The van der Waals surface area contributed by atoms with Gasteiger partial charge in [-0.3, -0.25) is 15.1 Å². The van der Waals surface area contributed by atoms with E-state index in [1.807, 2.05) is 62.4 Å². The number of carbonyl (C=O) groups is 1. The van der Waals surface area contributed by atoms with Gasteiger partial charge in [0.1, 0.15) is 0 Å². The van der Waals surface area contributed by atoms with Crippen LogP contribution in [0.5, 0.6) is 0 Å². The van der Waals surface area contributed by atoms with Gasteiger partial charge in [0.25, 0.3) is 0 Å². The first-order chi connectivity index (χ1) is 11.6. The van der Waals surface area contributed by atoms with Crippen LogP contribution in [0.4, 0.5) is 5.69 Å². The summed E-state index contributed by atoms with van der Waals surface area (Å²) < 4.78 is 0. The summed E-state index contributed by atoms with van der Waals surface area (Å²) in [6, 6.07) is 15.6. The molecule has 122 valence electrons. The molecule has 0 aliphatic heterocycles. The second-order valence-corrected chi connectivity index (χ2v) is 5.77. The van der Waals surface area contributed by atoms with Crippen molar-refractivity contribution < 1.29 is 4.79 Å². The predicted octanol–water partition coefficient (Wildman–Crippen LogP) is 2.41. The molecule has 0 bridgehead atoms. The van der Waals surface area contributed by atoms with E-state index in [1.54, 1.807) is 0 Å². The molecular weight excluding hydrogens is 302 g/mol. The summed E-state index contributed by atoms with van der Waals surface area (Å²) >= 11 is 0. The first kappa shape index (κ1) is 15.9. The quantitative estimate of drug-likeness (QED) is 0.780. The van der Waals surface area contributed by atoms with Gasteiger partial charge >= 0.3 is 0 Å². The fourth-order valence-electron chi connectivity index (χ4n) is 2.49. The van der Waals surface area contributed by atoms with Crippen molar-refractivity contribution in [2.45, 2.75) is 26.2 Å². The van der Waals surface area contributed by atoms with Crippen LogP contribution in [0.2, 0.25) is 0 Å². The van der Waals surface area contributed by atoms with Crippen LogP contribution in [0.15, 0.2) is 48.5 Å². The number of amides is 1. The third-order valence-corrected chi connectivity index (χ3v) is 4.02. The molecule has 1 amide bonds. The number of aryl methyl sites for hydroxylation is 2. The summed E-state index contributed by atoms with van der Waals surface area (Å²) in [4.78, 5) is 12.8. The molecule has 2 aromatic carbocycles. The molecule has 0 radical (unpaired) electrons. The van der Waals surface area contributed by atoms with Crippen molar-refractivity contribution in [3.05, 3.63) is 71.0 Å². The molecule has 0 saturated carbocycles. The van der Waals surface area contributed by atoms with E-state index >= 15 is 0 Å². The van der Waals surface area contributed by atoms with Gasteiger partial charge in [0.05, 0.1) is 5.92 Å². The predicted molar refractivity (Wildman–Crippen MR) is 90.6 cm³/mol. The van der Waals surface area contributed by atoms with Crippen molar-refractivity contribution in [3.8, 4) is 0 Å². The first-order valence-corrected chi connectivity index (χ1v) is 7.74. The molecule has 24 heavy (non-hydrogen) atoms. The maximum atomic E-state index is 12.8. The molecule has 3 aromatic rings. The molecule has 0 fully saturated rings. The number of carbonyl (C=O) groups excluding carboxylic acids is 1. The Morgan fingerprint density at radius 2 is 1.92 bits per heavy atom. The van der Waals surface area contributed by atoms with E-state index in [4.69, 9.17) is 0 Å². The fourth-order valence-corrected chi connectivity index (χ4v) is 2.49. The van der Waals surface area contributed by atoms with Crippen molar-refractivity contribution in [2.75, 3.05) is 5.32 Å². The molecule has 0 aliphatic carbocycles. The lowest BCUT2D eigenvalue weighted by Crippen LogP contribution is -2.24. The fraction of sp³-hybridized carbons (Fsp3) is 0.222. The Kier molecular flexibility index (Phi) is 4.65. The highest BCUT2D eigenvalue weighted by atomic mass is 16.1. The lowest BCUT2D eigenvalue weighted by molar-refractivity contribution is -0.117. The zero-order valence-electron chi connectivity index (χ0n) is 13.6. The second kappa shape index (κ2) is 7.04. The number of benzene rings is 2. The lowest BCUT2D eigenvalue weighted by atomic mass is 9.97. The molecule has 0 saturated heterocycles. The van der Waals surface area contributed by atoms with Gasteiger partial charge in [-0.05, 0) is 49.1 Å². The van der Waals surface area contributed by atoms with Gasteiger partial charge in [-0.15, -0.1) is 0 Å². The van der Waals surface area contributed by atoms with Crippen LogP contribution in [0.25, 0.3) is 0 Å². The lowest BCUT2D eigenvalue weighted by Gasteiger charge is -2.17. The molecule has 1 aromatic heterocycles. The van der Waals surface area contributed by atoms with Gasteiger partial charge in [0, 0.05) is 11.5 Å². The van der Waals surface area contributed by atoms with Crippen molar-refractivity contribution in [1.29, 1.82) is 0 Å². The molecule has 6 heteroatoms. The first-order valence-electron chi connectivity index (χ1n) is 7.74. The Morgan fingerprint density at radius 1 is 1.12 bits per heavy atom. The van der Waals surface area contributed by atoms with Crippen molar-refractivity contribution in [3.63, 3.8) is 0 Å². The summed E-state index contributed by atoms with van der Waals surface area (Å²) in [6.45, 7) is 4.05. The highest BCUT2D eigenvalue weighted by Gasteiger charge is 2.21. The average Bonchev–Trinajstić information content (AvgIpc) is 3.11. The number of nitrogens with one attached hydrogen (secondary N) is 1. The average molecular weight is 320 g/mol. The zero-order chi connectivity index (χ0) is 16.9. The number of tetrazole rings is 1. The number of nitrogens with zero attached hydrogens (tertiary/aromatic N) is 4. The molecule has 1 heterocycles. The van der Waals surface area contributed by atoms with E-state index in [2.05, 4.69) is 25.9 Å².